The van der Waals surface area contributed by atoms with Gasteiger partial charge in [-0.25, -0.2) is 0 Å². The number of hydrogen-bond acceptors (Lipinski definition) is 4. The van der Waals surface area contributed by atoms with E-state index in [4.69, 9.17) is 9.47 Å². The molecule has 1 heterocycles. The van der Waals surface area contributed by atoms with Crippen molar-refractivity contribution in [2.45, 2.75) is 66.4 Å². The van der Waals surface area contributed by atoms with E-state index in [9.17, 15) is 9.59 Å². The Morgan fingerprint density at radius 3 is 2.45 bits per heavy atom. The van der Waals surface area contributed by atoms with Gasteiger partial charge in [-0.3, -0.25) is 9.59 Å². The van der Waals surface area contributed by atoms with Gasteiger partial charge in [-0.05, 0) is 23.7 Å². The van der Waals surface area contributed by atoms with Crippen LogP contribution in [0.1, 0.15) is 60.3 Å². The summed E-state index contributed by atoms with van der Waals surface area (Å²) in [6.07, 6.45) is 2.53. The van der Waals surface area contributed by atoms with E-state index in [1.807, 2.05) is 0 Å². The summed E-state index contributed by atoms with van der Waals surface area (Å²) < 4.78 is 10.4. The molecule has 0 radical (unpaired) electrons. The van der Waals surface area contributed by atoms with Gasteiger partial charge < -0.3 is 9.47 Å². The number of ether oxygens (including phenoxy) is 2. The number of esters is 2. The molecule has 4 heteroatoms. The Morgan fingerprint density at radius 2 is 2.05 bits per heavy atom. The predicted octanol–water partition coefficient (Wildman–Crippen LogP) is 3.09. The maximum absolute atomic E-state index is 12.6. The average Bonchev–Trinajstić information content (AvgIpc) is 2.67. The van der Waals surface area contributed by atoms with Crippen molar-refractivity contribution in [3.8, 4) is 0 Å². The molecule has 20 heavy (non-hydrogen) atoms. The number of carbonyl (C=O) groups is 2. The predicted molar refractivity (Wildman–Crippen MR) is 75.0 cm³/mol. The lowest BCUT2D eigenvalue weighted by Crippen LogP contribution is -2.32. The van der Waals surface area contributed by atoms with Crippen LogP contribution in [0.15, 0.2) is 0 Å². The van der Waals surface area contributed by atoms with E-state index in [2.05, 4.69) is 34.6 Å². The van der Waals surface area contributed by atoms with E-state index < -0.39 is 11.5 Å². The minimum atomic E-state index is -0.395. The minimum absolute atomic E-state index is 0.0139. The molecule has 2 unspecified atom stereocenters. The van der Waals surface area contributed by atoms with Gasteiger partial charge >= 0.3 is 11.9 Å². The van der Waals surface area contributed by atoms with Crippen LogP contribution in [0.5, 0.6) is 0 Å². The number of carbonyl (C=O) groups excluding carboxylic acids is 2. The van der Waals surface area contributed by atoms with Crippen molar-refractivity contribution < 1.29 is 19.1 Å². The molecule has 4 nitrogen and oxygen atoms in total. The lowest BCUT2D eigenvalue weighted by atomic mass is 9.76. The summed E-state index contributed by atoms with van der Waals surface area (Å²) >= 11 is 0. The van der Waals surface area contributed by atoms with Crippen molar-refractivity contribution in [2.24, 2.45) is 16.2 Å². The van der Waals surface area contributed by atoms with E-state index in [-0.39, 0.29) is 35.8 Å². The van der Waals surface area contributed by atoms with Gasteiger partial charge in [-0.15, -0.1) is 0 Å². The van der Waals surface area contributed by atoms with E-state index in [0.717, 1.165) is 19.3 Å². The molecular weight excluding hydrogens is 256 g/mol. The molecule has 2 rings (SSSR count). The van der Waals surface area contributed by atoms with E-state index in [1.54, 1.807) is 0 Å². The monoisotopic (exact) mass is 282 g/mol. The zero-order chi connectivity index (χ0) is 15.2. The fourth-order valence-corrected chi connectivity index (χ4v) is 3.20. The van der Waals surface area contributed by atoms with Crippen LogP contribution in [-0.4, -0.2) is 24.6 Å². The molecule has 0 aromatic heterocycles. The van der Waals surface area contributed by atoms with Gasteiger partial charge in [0.25, 0.3) is 0 Å². The van der Waals surface area contributed by atoms with Crippen LogP contribution in [0.3, 0.4) is 0 Å². The Morgan fingerprint density at radius 1 is 1.45 bits per heavy atom. The fraction of sp³-hybridized carbons (Fsp3) is 0.875. The van der Waals surface area contributed by atoms with Crippen LogP contribution in [-0.2, 0) is 19.1 Å². The molecule has 0 bridgehead atoms. The summed E-state index contributed by atoms with van der Waals surface area (Å²) in [5.41, 5.74) is -0.285. The van der Waals surface area contributed by atoms with Gasteiger partial charge in [-0.2, -0.15) is 0 Å². The summed E-state index contributed by atoms with van der Waals surface area (Å²) in [5, 5.41) is 0. The van der Waals surface area contributed by atoms with E-state index >= 15 is 0 Å². The number of hydrogen-bond donors (Lipinski definition) is 0. The molecule has 1 aliphatic carbocycles. The molecule has 2 aliphatic rings. The molecule has 0 N–H and O–H groups in total. The maximum Gasteiger partial charge on any atom is 0.313 e. The first-order valence-electron chi connectivity index (χ1n) is 7.49. The van der Waals surface area contributed by atoms with Crippen molar-refractivity contribution in [3.05, 3.63) is 0 Å². The summed E-state index contributed by atoms with van der Waals surface area (Å²) in [6.45, 7) is 11.0. The largest absolute Gasteiger partial charge is 0.462 e. The molecule has 2 atom stereocenters. The Labute approximate surface area is 121 Å². The van der Waals surface area contributed by atoms with E-state index in [1.165, 1.54) is 0 Å². The van der Waals surface area contributed by atoms with Crippen molar-refractivity contribution >= 4 is 11.9 Å². The van der Waals surface area contributed by atoms with Crippen LogP contribution >= 0.6 is 0 Å². The van der Waals surface area contributed by atoms with Crippen LogP contribution < -0.4 is 0 Å². The highest BCUT2D eigenvalue weighted by atomic mass is 16.6. The second kappa shape index (κ2) is 4.74. The Kier molecular flexibility index (Phi) is 3.64. The van der Waals surface area contributed by atoms with Gasteiger partial charge in [0.05, 0.1) is 11.8 Å². The zero-order valence-corrected chi connectivity index (χ0v) is 13.2. The van der Waals surface area contributed by atoms with Gasteiger partial charge in [0, 0.05) is 0 Å². The molecule has 0 aromatic carbocycles. The van der Waals surface area contributed by atoms with Crippen molar-refractivity contribution in [3.63, 3.8) is 0 Å². The van der Waals surface area contributed by atoms with Gasteiger partial charge in [-0.1, -0.05) is 41.0 Å². The SMILES string of the molecule is CCC(C)(C)CC1(C(=O)OC2COC(=O)C2)CC1(C)C. The van der Waals surface area contributed by atoms with Crippen LogP contribution in [0.4, 0.5) is 0 Å². The molecule has 1 saturated carbocycles. The molecule has 1 saturated heterocycles. The molecule has 0 spiro atoms. The highest BCUT2D eigenvalue weighted by Gasteiger charge is 2.68. The highest BCUT2D eigenvalue weighted by Crippen LogP contribution is 2.68. The van der Waals surface area contributed by atoms with Crippen molar-refractivity contribution in [2.75, 3.05) is 6.61 Å². The Hall–Kier alpha value is -1.06. The number of cyclic esters (lactones) is 1. The first kappa shape index (κ1) is 15.3. The second-order valence-electron chi connectivity index (χ2n) is 7.75. The van der Waals surface area contributed by atoms with Crippen LogP contribution in [0.2, 0.25) is 0 Å². The van der Waals surface area contributed by atoms with Crippen LogP contribution in [0.25, 0.3) is 0 Å². The lowest BCUT2D eigenvalue weighted by molar-refractivity contribution is -0.159. The molecule has 114 valence electrons. The minimum Gasteiger partial charge on any atom is -0.462 e. The topological polar surface area (TPSA) is 52.6 Å². The fourth-order valence-electron chi connectivity index (χ4n) is 3.20. The quantitative estimate of drug-likeness (QED) is 0.727. The first-order valence-corrected chi connectivity index (χ1v) is 7.49. The lowest BCUT2D eigenvalue weighted by Gasteiger charge is -2.30. The first-order chi connectivity index (χ1) is 9.12. The maximum atomic E-state index is 12.6. The smallest absolute Gasteiger partial charge is 0.313 e. The summed E-state index contributed by atoms with van der Waals surface area (Å²) in [4.78, 5) is 23.7. The summed E-state index contributed by atoms with van der Waals surface area (Å²) in [6, 6.07) is 0. The molecule has 2 fully saturated rings. The third-order valence-electron chi connectivity index (χ3n) is 5.14. The van der Waals surface area contributed by atoms with Gasteiger partial charge in [0.2, 0.25) is 0 Å². The number of rotatable bonds is 5. The van der Waals surface area contributed by atoms with E-state index in [0.29, 0.717) is 0 Å². The molecule has 0 amide bonds. The molecular formula is C16H26O4. The average molecular weight is 282 g/mol. The van der Waals surface area contributed by atoms with Crippen molar-refractivity contribution in [1.29, 1.82) is 0 Å². The molecule has 1 aliphatic heterocycles. The zero-order valence-electron chi connectivity index (χ0n) is 13.2. The Balaban J connectivity index is 2.06. The molecule has 0 aromatic rings. The Bertz CT molecular complexity index is 424. The standard InChI is InChI=1S/C16H26O4/c1-6-14(2,3)9-16(10-15(16,4)5)13(18)20-11-7-12(17)19-8-11/h11H,6-10H2,1-5H3. The van der Waals surface area contributed by atoms with Gasteiger partial charge in [0.1, 0.15) is 12.7 Å². The third-order valence-corrected chi connectivity index (χ3v) is 5.14. The summed E-state index contributed by atoms with van der Waals surface area (Å²) in [7, 11) is 0. The highest BCUT2D eigenvalue weighted by molar-refractivity contribution is 5.82. The van der Waals surface area contributed by atoms with Crippen molar-refractivity contribution in [1.82, 2.24) is 0 Å². The summed E-state index contributed by atoms with van der Waals surface area (Å²) in [5.74, 6) is -0.423. The van der Waals surface area contributed by atoms with Crippen LogP contribution in [0, 0.1) is 16.2 Å². The van der Waals surface area contributed by atoms with Gasteiger partial charge in [0.15, 0.2) is 0 Å². The normalized spacial score (nSPS) is 31.9. The second-order valence-corrected chi connectivity index (χ2v) is 7.75. The third kappa shape index (κ3) is 2.70.